The molecule has 8 heteroatoms. The number of anilines is 1. The molecule has 0 unspecified atom stereocenters. The summed E-state index contributed by atoms with van der Waals surface area (Å²) in [6, 6.07) is 8.48. The fraction of sp³-hybridized carbons (Fsp3) is 0.133. The Kier molecular flexibility index (Phi) is 5.63. The lowest BCUT2D eigenvalue weighted by Gasteiger charge is -2.12. The lowest BCUT2D eigenvalue weighted by atomic mass is 10.2. The molecule has 0 aliphatic rings. The van der Waals surface area contributed by atoms with Crippen molar-refractivity contribution >= 4 is 34.8 Å². The van der Waals surface area contributed by atoms with E-state index in [1.807, 2.05) is 0 Å². The van der Waals surface area contributed by atoms with Gasteiger partial charge in [0.05, 0.1) is 17.8 Å². The summed E-state index contributed by atoms with van der Waals surface area (Å²) in [6.07, 6.45) is 0. The Balaban J connectivity index is 2.27. The number of ether oxygens (including phenoxy) is 2. The maximum absolute atomic E-state index is 12.4. The second kappa shape index (κ2) is 7.48. The highest BCUT2D eigenvalue weighted by Crippen LogP contribution is 2.30. The molecule has 0 fully saturated rings. The Morgan fingerprint density at radius 1 is 1.13 bits per heavy atom. The molecule has 0 saturated carbocycles. The number of nitrogens with one attached hydrogen (secondary N) is 1. The molecule has 2 aromatic rings. The van der Waals surface area contributed by atoms with Crippen LogP contribution in [-0.4, -0.2) is 19.6 Å². The van der Waals surface area contributed by atoms with Crippen molar-refractivity contribution in [3.8, 4) is 11.5 Å². The predicted molar refractivity (Wildman–Crippen MR) is 84.0 cm³/mol. The van der Waals surface area contributed by atoms with Gasteiger partial charge in [-0.15, -0.1) is 0 Å². The lowest BCUT2D eigenvalue weighted by molar-refractivity contribution is -0.0512. The van der Waals surface area contributed by atoms with Crippen molar-refractivity contribution in [2.24, 2.45) is 0 Å². The Hall–Kier alpha value is -2.05. The predicted octanol–water partition coefficient (Wildman–Crippen LogP) is 4.86. The summed E-state index contributed by atoms with van der Waals surface area (Å²) in [6.45, 7) is -3.04. The molecule has 2 aromatic carbocycles. The van der Waals surface area contributed by atoms with Crippen LogP contribution in [0.1, 0.15) is 10.4 Å². The molecule has 0 saturated heterocycles. The number of amides is 1. The summed E-state index contributed by atoms with van der Waals surface area (Å²) in [7, 11) is 1.30. The van der Waals surface area contributed by atoms with Gasteiger partial charge in [-0.2, -0.15) is 8.78 Å². The molecule has 0 aliphatic carbocycles. The molecule has 0 atom stereocenters. The summed E-state index contributed by atoms with van der Waals surface area (Å²) in [4.78, 5) is 12.2. The largest absolute Gasteiger partial charge is 0.493 e. The molecule has 4 nitrogen and oxygen atoms in total. The quantitative estimate of drug-likeness (QED) is 0.827. The van der Waals surface area contributed by atoms with Gasteiger partial charge in [-0.25, -0.2) is 0 Å². The van der Waals surface area contributed by atoms with Gasteiger partial charge in [0.15, 0.2) is 11.5 Å². The van der Waals surface area contributed by atoms with E-state index in [-0.39, 0.29) is 17.1 Å². The Labute approximate surface area is 140 Å². The first-order valence-electron chi connectivity index (χ1n) is 6.30. The maximum Gasteiger partial charge on any atom is 0.387 e. The molecule has 1 amide bonds. The van der Waals surface area contributed by atoms with Crippen molar-refractivity contribution in [3.63, 3.8) is 0 Å². The third kappa shape index (κ3) is 4.46. The van der Waals surface area contributed by atoms with Gasteiger partial charge in [-0.1, -0.05) is 23.2 Å². The summed E-state index contributed by atoms with van der Waals surface area (Å²) in [5.74, 6) is -0.717. The van der Waals surface area contributed by atoms with Crippen LogP contribution in [-0.2, 0) is 0 Å². The van der Waals surface area contributed by atoms with E-state index in [1.165, 1.54) is 31.4 Å². The fourth-order valence-electron chi connectivity index (χ4n) is 1.79. The normalized spacial score (nSPS) is 10.5. The zero-order chi connectivity index (χ0) is 17.0. The minimum Gasteiger partial charge on any atom is -0.493 e. The summed E-state index contributed by atoms with van der Waals surface area (Å²) < 4.78 is 34.0. The first kappa shape index (κ1) is 17.3. The minimum atomic E-state index is -3.04. The topological polar surface area (TPSA) is 47.6 Å². The molecule has 23 heavy (non-hydrogen) atoms. The van der Waals surface area contributed by atoms with Crippen LogP contribution < -0.4 is 14.8 Å². The number of halogens is 4. The van der Waals surface area contributed by atoms with E-state index in [0.717, 1.165) is 6.07 Å². The second-order valence-electron chi connectivity index (χ2n) is 4.32. The lowest BCUT2D eigenvalue weighted by Crippen LogP contribution is -2.13. The molecule has 122 valence electrons. The summed E-state index contributed by atoms with van der Waals surface area (Å²) in [5.41, 5.74) is 0.397. The number of hydrogen-bond acceptors (Lipinski definition) is 3. The van der Waals surface area contributed by atoms with Crippen LogP contribution in [0.5, 0.6) is 11.5 Å². The van der Waals surface area contributed by atoms with E-state index in [9.17, 15) is 13.6 Å². The molecular formula is C15H11Cl2F2NO3. The first-order valence-corrected chi connectivity index (χ1v) is 7.05. The Bertz CT molecular complexity index is 726. The number of benzene rings is 2. The van der Waals surface area contributed by atoms with Gasteiger partial charge in [0.2, 0.25) is 0 Å². The van der Waals surface area contributed by atoms with Gasteiger partial charge in [-0.3, -0.25) is 4.79 Å². The van der Waals surface area contributed by atoms with Crippen molar-refractivity contribution in [2.45, 2.75) is 6.61 Å². The van der Waals surface area contributed by atoms with E-state index in [2.05, 4.69) is 10.1 Å². The molecule has 0 aliphatic heterocycles. The van der Waals surface area contributed by atoms with Gasteiger partial charge in [0, 0.05) is 10.6 Å². The van der Waals surface area contributed by atoms with Crippen molar-refractivity contribution in [3.05, 3.63) is 52.0 Å². The maximum atomic E-state index is 12.4. The van der Waals surface area contributed by atoms with Crippen LogP contribution in [0.25, 0.3) is 0 Å². The van der Waals surface area contributed by atoms with Crippen molar-refractivity contribution in [1.82, 2.24) is 0 Å². The minimum absolute atomic E-state index is 0.0858. The number of hydrogen-bond donors (Lipinski definition) is 1. The fourth-order valence-corrected chi connectivity index (χ4v) is 2.13. The van der Waals surface area contributed by atoms with Crippen molar-refractivity contribution < 1.29 is 23.0 Å². The molecular weight excluding hydrogens is 351 g/mol. The number of carbonyl (C=O) groups is 1. The molecule has 0 radical (unpaired) electrons. The van der Waals surface area contributed by atoms with Crippen LogP contribution in [0.15, 0.2) is 36.4 Å². The van der Waals surface area contributed by atoms with Gasteiger partial charge in [0.25, 0.3) is 5.91 Å². The molecule has 0 spiro atoms. The zero-order valence-electron chi connectivity index (χ0n) is 11.8. The van der Waals surface area contributed by atoms with Crippen LogP contribution in [0, 0.1) is 0 Å². The Morgan fingerprint density at radius 2 is 1.87 bits per heavy atom. The zero-order valence-corrected chi connectivity index (χ0v) is 13.3. The smallest absolute Gasteiger partial charge is 0.387 e. The molecule has 0 aromatic heterocycles. The average Bonchev–Trinajstić information content (AvgIpc) is 2.50. The number of carbonyl (C=O) groups excluding carboxylic acids is 1. The summed E-state index contributed by atoms with van der Waals surface area (Å²) >= 11 is 11.8. The third-order valence-corrected chi connectivity index (χ3v) is 3.38. The van der Waals surface area contributed by atoms with Crippen LogP contribution in [0.4, 0.5) is 14.5 Å². The summed E-state index contributed by atoms with van der Waals surface area (Å²) in [5, 5.41) is 3.23. The number of rotatable bonds is 5. The van der Waals surface area contributed by atoms with E-state index in [4.69, 9.17) is 27.9 Å². The number of methoxy groups -OCH3 is 1. The van der Waals surface area contributed by atoms with Crippen LogP contribution in [0.2, 0.25) is 10.0 Å². The van der Waals surface area contributed by atoms with Crippen molar-refractivity contribution in [1.29, 1.82) is 0 Å². The highest BCUT2D eigenvalue weighted by Gasteiger charge is 2.15. The molecule has 0 bridgehead atoms. The SMILES string of the molecule is COc1ccc(C(=O)Nc2cc(Cl)ccc2Cl)cc1OC(F)F. The van der Waals surface area contributed by atoms with E-state index < -0.39 is 12.5 Å². The van der Waals surface area contributed by atoms with E-state index >= 15 is 0 Å². The highest BCUT2D eigenvalue weighted by atomic mass is 35.5. The van der Waals surface area contributed by atoms with Gasteiger partial charge in [0.1, 0.15) is 0 Å². The van der Waals surface area contributed by atoms with Crippen LogP contribution in [0.3, 0.4) is 0 Å². The highest BCUT2D eigenvalue weighted by molar-refractivity contribution is 6.35. The standard InChI is InChI=1S/C15H11Cl2F2NO3/c1-22-12-5-2-8(6-13(12)23-15(18)19)14(21)20-11-7-9(16)3-4-10(11)17/h2-7,15H,1H3,(H,20,21). The van der Waals surface area contributed by atoms with E-state index in [0.29, 0.717) is 15.7 Å². The monoisotopic (exact) mass is 361 g/mol. The van der Waals surface area contributed by atoms with E-state index in [1.54, 1.807) is 6.07 Å². The third-order valence-electron chi connectivity index (χ3n) is 2.82. The average molecular weight is 362 g/mol. The van der Waals surface area contributed by atoms with Gasteiger partial charge >= 0.3 is 6.61 Å². The molecule has 1 N–H and O–H groups in total. The first-order chi connectivity index (χ1) is 10.9. The van der Waals surface area contributed by atoms with Crippen LogP contribution >= 0.6 is 23.2 Å². The second-order valence-corrected chi connectivity index (χ2v) is 5.17. The number of alkyl halides is 2. The van der Waals surface area contributed by atoms with Gasteiger partial charge in [-0.05, 0) is 36.4 Å². The van der Waals surface area contributed by atoms with Gasteiger partial charge < -0.3 is 14.8 Å². The Morgan fingerprint density at radius 3 is 2.52 bits per heavy atom. The molecule has 2 rings (SSSR count). The molecule has 0 heterocycles. The van der Waals surface area contributed by atoms with Crippen molar-refractivity contribution in [2.75, 3.05) is 12.4 Å².